The predicted molar refractivity (Wildman–Crippen MR) is 165 cm³/mol. The molecule has 0 radical (unpaired) electrons. The Bertz CT molecular complexity index is 1400. The van der Waals surface area contributed by atoms with Gasteiger partial charge in [0.15, 0.2) is 0 Å². The monoisotopic (exact) mass is 627 g/mol. The van der Waals surface area contributed by atoms with Crippen molar-refractivity contribution < 1.29 is 24.2 Å². The van der Waals surface area contributed by atoms with Crippen molar-refractivity contribution >= 4 is 41.1 Å². The molecule has 0 saturated carbocycles. The Kier molecular flexibility index (Phi) is 10.2. The number of likely N-dealkylation sites (tertiary alicyclic amines) is 1. The van der Waals surface area contributed by atoms with Crippen molar-refractivity contribution in [3.8, 4) is 22.9 Å². The first-order valence-electron chi connectivity index (χ1n) is 14.5. The molecule has 0 atom stereocenters. The Balaban J connectivity index is 1.30. The third-order valence-corrected chi connectivity index (χ3v) is 8.15. The van der Waals surface area contributed by atoms with E-state index in [4.69, 9.17) is 37.7 Å². The number of nitrogens with zero attached hydrogens (tertiary/aromatic N) is 5. The summed E-state index contributed by atoms with van der Waals surface area (Å²) in [5, 5.41) is 10.2. The number of carbonyl (C=O) groups excluding carboxylic acids is 1. The van der Waals surface area contributed by atoms with E-state index in [9.17, 15) is 14.7 Å². The van der Waals surface area contributed by atoms with Crippen LogP contribution in [0.5, 0.6) is 11.6 Å². The van der Waals surface area contributed by atoms with Crippen molar-refractivity contribution in [2.75, 3.05) is 50.8 Å². The number of rotatable bonds is 9. The van der Waals surface area contributed by atoms with E-state index in [1.807, 2.05) is 43.3 Å². The van der Waals surface area contributed by atoms with E-state index in [2.05, 4.69) is 14.8 Å². The van der Waals surface area contributed by atoms with E-state index in [1.165, 1.54) is 4.90 Å². The fourth-order valence-electron chi connectivity index (χ4n) is 5.48. The van der Waals surface area contributed by atoms with Crippen LogP contribution in [0.15, 0.2) is 48.7 Å². The summed E-state index contributed by atoms with van der Waals surface area (Å²) >= 11 is 12.6. The molecule has 4 heterocycles. The molecule has 0 spiro atoms. The van der Waals surface area contributed by atoms with E-state index in [0.29, 0.717) is 79.0 Å². The molecular weight excluding hydrogens is 593 g/mol. The van der Waals surface area contributed by atoms with Crippen molar-refractivity contribution in [1.29, 1.82) is 0 Å². The SMILES string of the molecule is CCOC(=O)CC1CCN(Cc2cc(Oc3ccc(N4CCN(C(=O)O)CC4)nc3)nc(-c3cc(Cl)cc(Cl)c3)c2)CC1. The summed E-state index contributed by atoms with van der Waals surface area (Å²) in [4.78, 5) is 38.3. The first-order chi connectivity index (χ1) is 20.7. The highest BCUT2D eigenvalue weighted by Crippen LogP contribution is 2.31. The Morgan fingerprint density at radius 3 is 2.33 bits per heavy atom. The van der Waals surface area contributed by atoms with E-state index >= 15 is 0 Å². The molecular formula is C31H35Cl2N5O5. The van der Waals surface area contributed by atoms with E-state index in [0.717, 1.165) is 42.9 Å². The summed E-state index contributed by atoms with van der Waals surface area (Å²) in [6, 6.07) is 13.0. The Hall–Kier alpha value is -3.60. The van der Waals surface area contributed by atoms with Crippen LogP contribution < -0.4 is 9.64 Å². The highest BCUT2D eigenvalue weighted by atomic mass is 35.5. The summed E-state index contributed by atoms with van der Waals surface area (Å²) in [7, 11) is 0. The second-order valence-corrected chi connectivity index (χ2v) is 11.7. The van der Waals surface area contributed by atoms with Crippen molar-refractivity contribution in [3.05, 3.63) is 64.3 Å². The maximum absolute atomic E-state index is 11.9. The molecule has 10 nitrogen and oxygen atoms in total. The molecule has 228 valence electrons. The minimum Gasteiger partial charge on any atom is -0.466 e. The lowest BCUT2D eigenvalue weighted by molar-refractivity contribution is -0.144. The van der Waals surface area contributed by atoms with Gasteiger partial charge in [-0.3, -0.25) is 9.69 Å². The molecule has 1 amide bonds. The molecule has 3 aromatic rings. The first-order valence-corrected chi connectivity index (χ1v) is 15.2. The van der Waals surface area contributed by atoms with Gasteiger partial charge in [-0.2, -0.15) is 0 Å². The number of pyridine rings is 2. The van der Waals surface area contributed by atoms with Gasteiger partial charge in [-0.25, -0.2) is 14.8 Å². The summed E-state index contributed by atoms with van der Waals surface area (Å²) in [6.07, 6.45) is 3.10. The molecule has 5 rings (SSSR count). The van der Waals surface area contributed by atoms with Crippen LogP contribution in [-0.2, 0) is 16.1 Å². The van der Waals surface area contributed by atoms with Gasteiger partial charge in [0.25, 0.3) is 0 Å². The van der Waals surface area contributed by atoms with Gasteiger partial charge in [0.1, 0.15) is 11.6 Å². The standard InChI is InChI=1S/C31H35Cl2N5O5/c1-2-42-30(39)15-21-5-7-36(8-6-21)20-22-13-27(23-16-24(32)18-25(33)17-23)35-29(14-22)43-26-3-4-28(34-19-26)37-9-11-38(12-10-37)31(40)41/h3-4,13-14,16-19,21H,2,5-12,15,20H2,1H3,(H,40,41). The summed E-state index contributed by atoms with van der Waals surface area (Å²) < 4.78 is 11.3. The normalized spacial score (nSPS) is 16.3. The van der Waals surface area contributed by atoms with E-state index in [-0.39, 0.29) is 5.97 Å². The van der Waals surface area contributed by atoms with Gasteiger partial charge < -0.3 is 24.4 Å². The molecule has 2 aromatic heterocycles. The number of ether oxygens (including phenoxy) is 2. The zero-order chi connectivity index (χ0) is 30.3. The van der Waals surface area contributed by atoms with Crippen molar-refractivity contribution in [3.63, 3.8) is 0 Å². The van der Waals surface area contributed by atoms with Gasteiger partial charge in [0.05, 0.1) is 18.5 Å². The Morgan fingerprint density at radius 2 is 1.70 bits per heavy atom. The molecule has 43 heavy (non-hydrogen) atoms. The van der Waals surface area contributed by atoms with Crippen LogP contribution in [0.1, 0.15) is 31.7 Å². The number of amides is 1. The van der Waals surface area contributed by atoms with Gasteiger partial charge in [-0.05, 0) is 80.7 Å². The number of esters is 1. The van der Waals surface area contributed by atoms with Crippen LogP contribution in [0.4, 0.5) is 10.6 Å². The lowest BCUT2D eigenvalue weighted by Gasteiger charge is -2.33. The van der Waals surface area contributed by atoms with Gasteiger partial charge in [0.2, 0.25) is 5.88 Å². The summed E-state index contributed by atoms with van der Waals surface area (Å²) in [6.45, 7) is 6.74. The Morgan fingerprint density at radius 1 is 0.977 bits per heavy atom. The number of piperidine rings is 1. The van der Waals surface area contributed by atoms with Gasteiger partial charge in [-0.15, -0.1) is 0 Å². The number of carbonyl (C=O) groups is 2. The number of halogens is 2. The molecule has 1 N–H and O–H groups in total. The molecule has 2 aliphatic heterocycles. The van der Waals surface area contributed by atoms with Crippen LogP contribution in [0.3, 0.4) is 0 Å². The minimum atomic E-state index is -0.899. The van der Waals surface area contributed by atoms with E-state index < -0.39 is 6.09 Å². The Labute approximate surface area is 261 Å². The molecule has 2 aliphatic rings. The van der Waals surface area contributed by atoms with Crippen LogP contribution in [0, 0.1) is 5.92 Å². The number of hydrogen-bond acceptors (Lipinski definition) is 8. The lowest BCUT2D eigenvalue weighted by Crippen LogP contribution is -2.48. The maximum Gasteiger partial charge on any atom is 0.407 e. The molecule has 1 aromatic carbocycles. The average molecular weight is 629 g/mol. The largest absolute Gasteiger partial charge is 0.466 e. The van der Waals surface area contributed by atoms with Gasteiger partial charge >= 0.3 is 12.1 Å². The minimum absolute atomic E-state index is 0.120. The lowest BCUT2D eigenvalue weighted by atomic mass is 9.93. The number of benzene rings is 1. The molecule has 2 fully saturated rings. The third-order valence-electron chi connectivity index (χ3n) is 7.71. The maximum atomic E-state index is 11.9. The van der Waals surface area contributed by atoms with Crippen LogP contribution in [0.2, 0.25) is 10.0 Å². The van der Waals surface area contributed by atoms with Crippen molar-refractivity contribution in [1.82, 2.24) is 19.8 Å². The first kappa shape index (κ1) is 30.8. The van der Waals surface area contributed by atoms with Crippen LogP contribution in [0.25, 0.3) is 11.3 Å². The topological polar surface area (TPSA) is 108 Å². The number of aromatic nitrogens is 2. The fraction of sp³-hybridized carbons (Fsp3) is 0.419. The zero-order valence-electron chi connectivity index (χ0n) is 24.0. The number of hydrogen-bond donors (Lipinski definition) is 1. The second kappa shape index (κ2) is 14.2. The molecule has 0 aliphatic carbocycles. The number of carboxylic acid groups (broad SMARTS) is 1. The number of piperazine rings is 1. The highest BCUT2D eigenvalue weighted by molar-refractivity contribution is 6.35. The van der Waals surface area contributed by atoms with Crippen LogP contribution in [-0.4, -0.2) is 82.8 Å². The summed E-state index contributed by atoms with van der Waals surface area (Å²) in [5.74, 6) is 1.94. The molecule has 0 bridgehead atoms. The quantitative estimate of drug-likeness (QED) is 0.277. The van der Waals surface area contributed by atoms with Crippen LogP contribution >= 0.6 is 23.2 Å². The van der Waals surface area contributed by atoms with E-state index in [1.54, 1.807) is 12.3 Å². The highest BCUT2D eigenvalue weighted by Gasteiger charge is 2.23. The predicted octanol–water partition coefficient (Wildman–Crippen LogP) is 6.21. The van der Waals surface area contributed by atoms with Gasteiger partial charge in [-0.1, -0.05) is 23.2 Å². The summed E-state index contributed by atoms with van der Waals surface area (Å²) in [5.41, 5.74) is 2.50. The second-order valence-electron chi connectivity index (χ2n) is 10.8. The number of anilines is 1. The molecule has 0 unspecified atom stereocenters. The molecule has 2 saturated heterocycles. The van der Waals surface area contributed by atoms with Crippen molar-refractivity contribution in [2.45, 2.75) is 32.7 Å². The van der Waals surface area contributed by atoms with Crippen molar-refractivity contribution in [2.24, 2.45) is 5.92 Å². The average Bonchev–Trinajstić information content (AvgIpc) is 2.98. The fourth-order valence-corrected chi connectivity index (χ4v) is 6.01. The molecule has 12 heteroatoms. The van der Waals surface area contributed by atoms with Gasteiger partial charge in [0, 0.05) is 60.8 Å². The third kappa shape index (κ3) is 8.49. The zero-order valence-corrected chi connectivity index (χ0v) is 25.6. The smallest absolute Gasteiger partial charge is 0.407 e.